The summed E-state index contributed by atoms with van der Waals surface area (Å²) >= 11 is 0. The van der Waals surface area contributed by atoms with Gasteiger partial charge in [0, 0.05) is 16.9 Å². The van der Waals surface area contributed by atoms with Crippen LogP contribution in [0.2, 0.25) is 0 Å². The van der Waals surface area contributed by atoms with E-state index in [0.717, 1.165) is 17.1 Å². The SMILES string of the molecule is c1ccc(-c2ccc(N(c3cccc(-c4ccccc4)c3)c3cccc(-c4ccccc4)c3-c3ccccc3-c3ccccc3)cc2)cc1. The molecule has 0 aromatic heterocycles. The van der Waals surface area contributed by atoms with Crippen LogP contribution < -0.4 is 4.90 Å². The quantitative estimate of drug-likeness (QED) is 0.162. The van der Waals surface area contributed by atoms with E-state index < -0.39 is 0 Å². The van der Waals surface area contributed by atoms with E-state index in [1.165, 1.54) is 55.6 Å². The van der Waals surface area contributed by atoms with E-state index in [1.807, 2.05) is 0 Å². The lowest BCUT2D eigenvalue weighted by Crippen LogP contribution is -2.12. The van der Waals surface area contributed by atoms with Gasteiger partial charge in [-0.3, -0.25) is 0 Å². The molecule has 0 heterocycles. The van der Waals surface area contributed by atoms with Gasteiger partial charge in [-0.05, 0) is 80.4 Å². The summed E-state index contributed by atoms with van der Waals surface area (Å²) in [5, 5.41) is 0. The van der Waals surface area contributed by atoms with Crippen molar-refractivity contribution in [3.05, 3.63) is 212 Å². The minimum atomic E-state index is 1.09. The minimum absolute atomic E-state index is 1.09. The fourth-order valence-electron chi connectivity index (χ4n) is 6.75. The van der Waals surface area contributed by atoms with Crippen molar-refractivity contribution >= 4 is 17.1 Å². The second-order valence-corrected chi connectivity index (χ2v) is 12.1. The summed E-state index contributed by atoms with van der Waals surface area (Å²) in [5.74, 6) is 0. The Morgan fingerprint density at radius 2 is 0.673 bits per heavy atom. The van der Waals surface area contributed by atoms with E-state index in [2.05, 4.69) is 217 Å². The Morgan fingerprint density at radius 1 is 0.245 bits per heavy atom. The molecular weight excluding hydrogens is 591 g/mol. The maximum absolute atomic E-state index is 2.42. The Kier molecular flexibility index (Phi) is 8.39. The van der Waals surface area contributed by atoms with Crippen molar-refractivity contribution in [1.29, 1.82) is 0 Å². The number of hydrogen-bond acceptors (Lipinski definition) is 1. The first kappa shape index (κ1) is 29.9. The van der Waals surface area contributed by atoms with Gasteiger partial charge in [0.2, 0.25) is 0 Å². The van der Waals surface area contributed by atoms with Crippen LogP contribution >= 0.6 is 0 Å². The van der Waals surface area contributed by atoms with Gasteiger partial charge >= 0.3 is 0 Å². The molecule has 0 spiro atoms. The molecule has 49 heavy (non-hydrogen) atoms. The number of hydrogen-bond donors (Lipinski definition) is 0. The van der Waals surface area contributed by atoms with E-state index in [0.29, 0.717) is 0 Å². The standard InChI is InChI=1S/C48H35N/c1-5-17-36(18-6-1)38-31-33-42(34-32-38)49(43-26-15-25-41(35-43)37-19-7-2-8-20-37)47-30-16-29-45(40-23-11-4-12-24-40)48(47)46-28-14-13-27-44(46)39-21-9-3-10-22-39/h1-35H. The maximum Gasteiger partial charge on any atom is 0.0546 e. The molecule has 0 saturated heterocycles. The molecule has 1 nitrogen and oxygen atoms in total. The van der Waals surface area contributed by atoms with Gasteiger partial charge in [-0.15, -0.1) is 0 Å². The highest BCUT2D eigenvalue weighted by atomic mass is 15.1. The molecular formula is C48H35N. The summed E-state index contributed by atoms with van der Waals surface area (Å²) in [6.07, 6.45) is 0. The van der Waals surface area contributed by atoms with Crippen molar-refractivity contribution in [2.24, 2.45) is 0 Å². The molecule has 0 amide bonds. The highest BCUT2D eigenvalue weighted by molar-refractivity contribution is 6.01. The third-order valence-electron chi connectivity index (χ3n) is 9.09. The first-order chi connectivity index (χ1) is 24.3. The second-order valence-electron chi connectivity index (χ2n) is 12.1. The summed E-state index contributed by atoms with van der Waals surface area (Å²) in [5.41, 5.74) is 15.2. The smallest absolute Gasteiger partial charge is 0.0546 e. The Balaban J connectivity index is 1.40. The minimum Gasteiger partial charge on any atom is -0.310 e. The fourth-order valence-corrected chi connectivity index (χ4v) is 6.75. The van der Waals surface area contributed by atoms with Crippen LogP contribution in [0.3, 0.4) is 0 Å². The molecule has 1 heteroatoms. The van der Waals surface area contributed by atoms with Gasteiger partial charge < -0.3 is 4.90 Å². The highest BCUT2D eigenvalue weighted by Crippen LogP contribution is 2.48. The fraction of sp³-hybridized carbons (Fsp3) is 0. The van der Waals surface area contributed by atoms with E-state index in [1.54, 1.807) is 0 Å². The van der Waals surface area contributed by atoms with E-state index in [-0.39, 0.29) is 0 Å². The molecule has 8 aromatic carbocycles. The predicted molar refractivity (Wildman–Crippen MR) is 208 cm³/mol. The largest absolute Gasteiger partial charge is 0.310 e. The molecule has 0 radical (unpaired) electrons. The number of benzene rings is 8. The molecule has 0 atom stereocenters. The van der Waals surface area contributed by atoms with Crippen LogP contribution in [-0.2, 0) is 0 Å². The van der Waals surface area contributed by atoms with Gasteiger partial charge in [0.1, 0.15) is 0 Å². The highest BCUT2D eigenvalue weighted by Gasteiger charge is 2.23. The van der Waals surface area contributed by atoms with Crippen LogP contribution in [0.25, 0.3) is 55.6 Å². The van der Waals surface area contributed by atoms with Crippen LogP contribution in [0, 0.1) is 0 Å². The molecule has 0 saturated carbocycles. The lowest BCUT2D eigenvalue weighted by atomic mass is 9.87. The van der Waals surface area contributed by atoms with Gasteiger partial charge in [0.15, 0.2) is 0 Å². The van der Waals surface area contributed by atoms with Crippen LogP contribution in [0.1, 0.15) is 0 Å². The Hall–Kier alpha value is -6.44. The molecule has 8 aromatic rings. The van der Waals surface area contributed by atoms with Crippen molar-refractivity contribution in [2.75, 3.05) is 4.90 Å². The molecule has 232 valence electrons. The number of rotatable bonds is 8. The van der Waals surface area contributed by atoms with Crippen LogP contribution in [0.15, 0.2) is 212 Å². The first-order valence-electron chi connectivity index (χ1n) is 16.8. The van der Waals surface area contributed by atoms with Crippen molar-refractivity contribution in [2.45, 2.75) is 0 Å². The Bertz CT molecular complexity index is 2290. The summed E-state index contributed by atoms with van der Waals surface area (Å²) in [6.45, 7) is 0. The first-order valence-corrected chi connectivity index (χ1v) is 16.8. The molecule has 0 fully saturated rings. The third-order valence-corrected chi connectivity index (χ3v) is 9.09. The van der Waals surface area contributed by atoms with Gasteiger partial charge in [0.25, 0.3) is 0 Å². The van der Waals surface area contributed by atoms with E-state index >= 15 is 0 Å². The van der Waals surface area contributed by atoms with Crippen LogP contribution in [0.4, 0.5) is 17.1 Å². The van der Waals surface area contributed by atoms with E-state index in [9.17, 15) is 0 Å². The predicted octanol–water partition coefficient (Wildman–Crippen LogP) is 13.5. The molecule has 0 aliphatic carbocycles. The molecule has 0 aliphatic heterocycles. The molecule has 0 unspecified atom stereocenters. The lowest BCUT2D eigenvalue weighted by Gasteiger charge is -2.30. The van der Waals surface area contributed by atoms with Crippen molar-refractivity contribution in [1.82, 2.24) is 0 Å². The Morgan fingerprint density at radius 3 is 1.29 bits per heavy atom. The molecule has 0 N–H and O–H groups in total. The number of anilines is 3. The van der Waals surface area contributed by atoms with Gasteiger partial charge in [-0.1, -0.05) is 182 Å². The van der Waals surface area contributed by atoms with E-state index in [4.69, 9.17) is 0 Å². The summed E-state index contributed by atoms with van der Waals surface area (Å²) in [6, 6.07) is 76.1. The van der Waals surface area contributed by atoms with Gasteiger partial charge in [-0.25, -0.2) is 0 Å². The summed E-state index contributed by atoms with van der Waals surface area (Å²) in [7, 11) is 0. The number of nitrogens with zero attached hydrogens (tertiary/aromatic N) is 1. The second kappa shape index (κ2) is 13.7. The molecule has 8 rings (SSSR count). The zero-order valence-electron chi connectivity index (χ0n) is 27.2. The zero-order valence-corrected chi connectivity index (χ0v) is 27.2. The zero-order chi connectivity index (χ0) is 32.8. The van der Waals surface area contributed by atoms with Crippen LogP contribution in [0.5, 0.6) is 0 Å². The third kappa shape index (κ3) is 6.18. The van der Waals surface area contributed by atoms with Crippen LogP contribution in [-0.4, -0.2) is 0 Å². The maximum atomic E-state index is 2.42. The normalized spacial score (nSPS) is 10.9. The average Bonchev–Trinajstić information content (AvgIpc) is 3.20. The van der Waals surface area contributed by atoms with Gasteiger partial charge in [0.05, 0.1) is 5.69 Å². The topological polar surface area (TPSA) is 3.24 Å². The van der Waals surface area contributed by atoms with Crippen molar-refractivity contribution in [3.8, 4) is 55.6 Å². The van der Waals surface area contributed by atoms with Gasteiger partial charge in [-0.2, -0.15) is 0 Å². The summed E-state index contributed by atoms with van der Waals surface area (Å²) in [4.78, 5) is 2.42. The molecule has 0 bridgehead atoms. The van der Waals surface area contributed by atoms with Crippen molar-refractivity contribution in [3.63, 3.8) is 0 Å². The lowest BCUT2D eigenvalue weighted by molar-refractivity contribution is 1.28. The monoisotopic (exact) mass is 625 g/mol. The average molecular weight is 626 g/mol. The molecule has 0 aliphatic rings. The summed E-state index contributed by atoms with van der Waals surface area (Å²) < 4.78 is 0. The van der Waals surface area contributed by atoms with Crippen molar-refractivity contribution < 1.29 is 0 Å². The Labute approximate surface area is 289 Å².